The van der Waals surface area contributed by atoms with Gasteiger partial charge in [0.1, 0.15) is 6.10 Å². The summed E-state index contributed by atoms with van der Waals surface area (Å²) in [7, 11) is 3.61. The molecule has 2 saturated heterocycles. The number of piperidine rings is 1. The lowest BCUT2D eigenvalue weighted by Gasteiger charge is -2.39. The van der Waals surface area contributed by atoms with Gasteiger partial charge >= 0.3 is 0 Å². The number of likely N-dealkylation sites (tertiary alicyclic amines) is 1. The van der Waals surface area contributed by atoms with Crippen LogP contribution < -0.4 is 0 Å². The first-order valence-corrected chi connectivity index (χ1v) is 8.53. The summed E-state index contributed by atoms with van der Waals surface area (Å²) in [5.74, 6) is 0.113. The molecule has 2 fully saturated rings. The molecule has 3 rings (SSSR count). The van der Waals surface area contributed by atoms with E-state index in [1.807, 2.05) is 11.3 Å². The highest BCUT2D eigenvalue weighted by Gasteiger charge is 2.45. The Labute approximate surface area is 130 Å². The Morgan fingerprint density at radius 2 is 2.43 bits per heavy atom. The van der Waals surface area contributed by atoms with Gasteiger partial charge < -0.3 is 9.64 Å². The highest BCUT2D eigenvalue weighted by molar-refractivity contribution is 7.09. The van der Waals surface area contributed by atoms with Crippen LogP contribution in [-0.4, -0.2) is 55.6 Å². The molecule has 1 spiro atoms. The van der Waals surface area contributed by atoms with Crippen LogP contribution >= 0.6 is 11.3 Å². The van der Waals surface area contributed by atoms with Gasteiger partial charge in [-0.25, -0.2) is 0 Å². The molecule has 0 saturated carbocycles. The Bertz CT molecular complexity index is 488. The van der Waals surface area contributed by atoms with Gasteiger partial charge in [-0.05, 0) is 37.3 Å². The monoisotopic (exact) mass is 308 g/mol. The summed E-state index contributed by atoms with van der Waals surface area (Å²) in [5, 5.41) is 2.14. The van der Waals surface area contributed by atoms with Gasteiger partial charge in [0.2, 0.25) is 0 Å². The molecule has 0 unspecified atom stereocenters. The minimum atomic E-state index is -0.235. The van der Waals surface area contributed by atoms with Crippen molar-refractivity contribution in [3.63, 3.8) is 0 Å². The van der Waals surface area contributed by atoms with E-state index in [0.717, 1.165) is 32.7 Å². The van der Waals surface area contributed by atoms with Gasteiger partial charge in [0, 0.05) is 37.5 Å². The van der Waals surface area contributed by atoms with E-state index in [4.69, 9.17) is 4.74 Å². The fourth-order valence-electron chi connectivity index (χ4n) is 3.59. The van der Waals surface area contributed by atoms with Crippen LogP contribution in [0.1, 0.15) is 24.1 Å². The smallest absolute Gasteiger partial charge is 0.251 e. The summed E-state index contributed by atoms with van der Waals surface area (Å²) >= 11 is 1.82. The first-order valence-electron chi connectivity index (χ1n) is 7.66. The zero-order valence-electron chi connectivity index (χ0n) is 12.9. The topological polar surface area (TPSA) is 32.8 Å². The Morgan fingerprint density at radius 1 is 1.57 bits per heavy atom. The summed E-state index contributed by atoms with van der Waals surface area (Å²) in [6.07, 6.45) is 3.04. The molecule has 1 aromatic rings. The predicted molar refractivity (Wildman–Crippen MR) is 84.3 cm³/mol. The molecule has 21 heavy (non-hydrogen) atoms. The summed E-state index contributed by atoms with van der Waals surface area (Å²) in [6, 6.07) is 4.32. The van der Waals surface area contributed by atoms with Crippen LogP contribution in [0.3, 0.4) is 0 Å². The average Bonchev–Trinajstić information content (AvgIpc) is 3.09. The van der Waals surface area contributed by atoms with E-state index < -0.39 is 0 Å². The number of carbonyl (C=O) groups is 1. The van der Waals surface area contributed by atoms with Gasteiger partial charge in [0.05, 0.1) is 6.61 Å². The molecule has 4 nitrogen and oxygen atoms in total. The fraction of sp³-hybridized carbons (Fsp3) is 0.688. The lowest BCUT2D eigenvalue weighted by Crippen LogP contribution is -2.43. The zero-order chi connectivity index (χ0) is 14.9. The Kier molecular flexibility index (Phi) is 4.33. The van der Waals surface area contributed by atoms with E-state index in [9.17, 15) is 4.79 Å². The van der Waals surface area contributed by atoms with E-state index in [2.05, 4.69) is 22.4 Å². The lowest BCUT2D eigenvalue weighted by atomic mass is 9.78. The molecule has 2 aliphatic heterocycles. The summed E-state index contributed by atoms with van der Waals surface area (Å²) < 4.78 is 5.84. The predicted octanol–water partition coefficient (Wildman–Crippen LogP) is 2.21. The second-order valence-electron chi connectivity index (χ2n) is 6.63. The van der Waals surface area contributed by atoms with Crippen LogP contribution in [0.25, 0.3) is 0 Å². The first kappa shape index (κ1) is 15.0. The largest absolute Gasteiger partial charge is 0.368 e. The fourth-order valence-corrected chi connectivity index (χ4v) is 4.33. The number of hydrogen-bond acceptors (Lipinski definition) is 4. The molecule has 0 radical (unpaired) electrons. The van der Waals surface area contributed by atoms with Crippen LogP contribution in [0.2, 0.25) is 0 Å². The summed E-state index contributed by atoms with van der Waals surface area (Å²) in [6.45, 7) is 3.98. The Morgan fingerprint density at radius 3 is 3.14 bits per heavy atom. The van der Waals surface area contributed by atoms with E-state index in [1.54, 1.807) is 19.0 Å². The van der Waals surface area contributed by atoms with Gasteiger partial charge in [-0.2, -0.15) is 0 Å². The van der Waals surface area contributed by atoms with Crippen molar-refractivity contribution in [1.29, 1.82) is 0 Å². The lowest BCUT2D eigenvalue weighted by molar-refractivity contribution is -0.138. The second-order valence-corrected chi connectivity index (χ2v) is 7.66. The van der Waals surface area contributed by atoms with Crippen LogP contribution in [0.4, 0.5) is 0 Å². The molecule has 2 atom stereocenters. The molecule has 1 aromatic heterocycles. The van der Waals surface area contributed by atoms with Gasteiger partial charge in [-0.3, -0.25) is 9.69 Å². The van der Waals surface area contributed by atoms with Gasteiger partial charge in [0.25, 0.3) is 5.91 Å². The van der Waals surface area contributed by atoms with Crippen molar-refractivity contribution in [2.24, 2.45) is 5.41 Å². The van der Waals surface area contributed by atoms with E-state index in [-0.39, 0.29) is 17.4 Å². The SMILES string of the molecule is CN(C)C(=O)[C@H]1C[C@]2(CCCN(Cc3cccs3)C2)CO1. The normalized spacial score (nSPS) is 29.9. The van der Waals surface area contributed by atoms with Crippen molar-refractivity contribution >= 4 is 17.2 Å². The molecule has 3 heterocycles. The second kappa shape index (κ2) is 6.07. The minimum Gasteiger partial charge on any atom is -0.368 e. The van der Waals surface area contributed by atoms with Gasteiger partial charge in [-0.15, -0.1) is 11.3 Å². The molecule has 2 aliphatic rings. The molecular weight excluding hydrogens is 284 g/mol. The number of hydrogen-bond donors (Lipinski definition) is 0. The van der Waals surface area contributed by atoms with Crippen molar-refractivity contribution < 1.29 is 9.53 Å². The first-order chi connectivity index (χ1) is 10.1. The zero-order valence-corrected chi connectivity index (χ0v) is 13.7. The molecule has 116 valence electrons. The third-order valence-corrected chi connectivity index (χ3v) is 5.49. The van der Waals surface area contributed by atoms with Crippen molar-refractivity contribution in [1.82, 2.24) is 9.80 Å². The van der Waals surface area contributed by atoms with Crippen molar-refractivity contribution in [2.75, 3.05) is 33.8 Å². The minimum absolute atomic E-state index is 0.113. The van der Waals surface area contributed by atoms with Crippen molar-refractivity contribution in [3.05, 3.63) is 22.4 Å². The standard InChI is InChI=1S/C16H24N2O2S/c1-17(2)15(19)14-9-16(12-20-14)6-4-7-18(11-16)10-13-5-3-8-21-13/h3,5,8,14H,4,6-7,9-12H2,1-2H3/t14-,16+/m1/s1. The number of carbonyl (C=O) groups excluding carboxylic acids is 1. The molecular formula is C16H24N2O2S. The van der Waals surface area contributed by atoms with E-state index in [0.29, 0.717) is 0 Å². The molecule has 0 aliphatic carbocycles. The number of rotatable bonds is 3. The third-order valence-electron chi connectivity index (χ3n) is 4.63. The number of thiophene rings is 1. The van der Waals surface area contributed by atoms with Crippen molar-refractivity contribution in [3.8, 4) is 0 Å². The number of amides is 1. The quantitative estimate of drug-likeness (QED) is 0.858. The highest BCUT2D eigenvalue weighted by Crippen LogP contribution is 2.41. The van der Waals surface area contributed by atoms with Crippen LogP contribution in [0, 0.1) is 5.41 Å². The van der Waals surface area contributed by atoms with E-state index in [1.165, 1.54) is 17.7 Å². The van der Waals surface area contributed by atoms with E-state index >= 15 is 0 Å². The maximum Gasteiger partial charge on any atom is 0.251 e. The van der Waals surface area contributed by atoms with Gasteiger partial charge in [-0.1, -0.05) is 6.07 Å². The van der Waals surface area contributed by atoms with Gasteiger partial charge in [0.15, 0.2) is 0 Å². The number of ether oxygens (including phenoxy) is 1. The molecule has 0 aromatic carbocycles. The molecule has 0 bridgehead atoms. The number of likely N-dealkylation sites (N-methyl/N-ethyl adjacent to an activating group) is 1. The maximum atomic E-state index is 12.1. The maximum absolute atomic E-state index is 12.1. The average molecular weight is 308 g/mol. The Balaban J connectivity index is 1.62. The molecule has 1 amide bonds. The molecule has 0 N–H and O–H groups in total. The summed E-state index contributed by atoms with van der Waals surface area (Å²) in [5.41, 5.74) is 0.186. The third kappa shape index (κ3) is 3.30. The highest BCUT2D eigenvalue weighted by atomic mass is 32.1. The van der Waals surface area contributed by atoms with Crippen LogP contribution in [-0.2, 0) is 16.1 Å². The van der Waals surface area contributed by atoms with Crippen LogP contribution in [0.5, 0.6) is 0 Å². The van der Waals surface area contributed by atoms with Crippen molar-refractivity contribution in [2.45, 2.75) is 31.9 Å². The Hall–Kier alpha value is -0.910. The molecule has 5 heteroatoms. The summed E-state index contributed by atoms with van der Waals surface area (Å²) in [4.78, 5) is 17.7. The number of nitrogens with zero attached hydrogens (tertiary/aromatic N) is 2. The van der Waals surface area contributed by atoms with Crippen LogP contribution in [0.15, 0.2) is 17.5 Å².